The minimum absolute atomic E-state index is 0.0646. The number of thioether (sulfide) groups is 1. The normalized spacial score (nSPS) is 29.9. The number of hydrogen-bond donors (Lipinski definition) is 1. The molecule has 7 heteroatoms. The van der Waals surface area contributed by atoms with Crippen LogP contribution in [0.3, 0.4) is 0 Å². The van der Waals surface area contributed by atoms with E-state index in [0.29, 0.717) is 10.8 Å². The maximum atomic E-state index is 12.2. The molecular formula is C22H26N2O4S. The van der Waals surface area contributed by atoms with Gasteiger partial charge in [-0.3, -0.25) is 9.59 Å². The number of rotatable bonds is 7. The van der Waals surface area contributed by atoms with E-state index in [-0.39, 0.29) is 23.7 Å². The van der Waals surface area contributed by atoms with Crippen molar-refractivity contribution in [3.05, 3.63) is 24.3 Å². The number of benzene rings is 1. The van der Waals surface area contributed by atoms with Gasteiger partial charge in [0.15, 0.2) is 12.2 Å². The van der Waals surface area contributed by atoms with Crippen LogP contribution in [0.2, 0.25) is 0 Å². The van der Waals surface area contributed by atoms with Crippen LogP contribution in [0.15, 0.2) is 33.9 Å². The highest BCUT2D eigenvalue weighted by Gasteiger charge is 2.50. The first kappa shape index (κ1) is 19.0. The van der Waals surface area contributed by atoms with Gasteiger partial charge in [-0.1, -0.05) is 23.9 Å². The van der Waals surface area contributed by atoms with Crippen molar-refractivity contribution in [3.8, 4) is 0 Å². The Morgan fingerprint density at radius 1 is 1.14 bits per heavy atom. The minimum Gasteiger partial charge on any atom is -0.455 e. The molecule has 2 aromatic rings. The molecule has 0 aliphatic heterocycles. The summed E-state index contributed by atoms with van der Waals surface area (Å²) < 4.78 is 10.7. The largest absolute Gasteiger partial charge is 0.455 e. The molecule has 1 heterocycles. The van der Waals surface area contributed by atoms with Crippen LogP contribution in [0.1, 0.15) is 38.5 Å². The fourth-order valence-corrected chi connectivity index (χ4v) is 6.70. The van der Waals surface area contributed by atoms with Gasteiger partial charge in [0.1, 0.15) is 11.3 Å². The molecule has 6 nitrogen and oxygen atoms in total. The smallest absolute Gasteiger partial charge is 0.316 e. The SMILES string of the molecule is O=C(COC(=O)CSc1nc2ccccc2o1)NCC12CC3CC(CC(C3)C1)C2. The number of nitrogens with zero attached hydrogens (tertiary/aromatic N) is 1. The van der Waals surface area contributed by atoms with Gasteiger partial charge >= 0.3 is 5.97 Å². The number of fused-ring (bicyclic) bond motifs is 1. The number of esters is 1. The number of nitrogens with one attached hydrogen (secondary N) is 1. The summed E-state index contributed by atoms with van der Waals surface area (Å²) in [5.41, 5.74) is 1.73. The number of amides is 1. The predicted octanol–water partition coefficient (Wildman–Crippen LogP) is 3.80. The van der Waals surface area contributed by atoms with E-state index in [1.54, 1.807) is 0 Å². The van der Waals surface area contributed by atoms with Gasteiger partial charge in [0, 0.05) is 6.54 Å². The molecule has 1 amide bonds. The van der Waals surface area contributed by atoms with E-state index >= 15 is 0 Å². The van der Waals surface area contributed by atoms with Gasteiger partial charge in [-0.25, -0.2) is 4.98 Å². The van der Waals surface area contributed by atoms with Crippen molar-refractivity contribution in [2.24, 2.45) is 23.2 Å². The van der Waals surface area contributed by atoms with Crippen LogP contribution in [0.25, 0.3) is 11.1 Å². The van der Waals surface area contributed by atoms with Crippen molar-refractivity contribution in [1.82, 2.24) is 10.3 Å². The van der Waals surface area contributed by atoms with Gasteiger partial charge in [-0.05, 0) is 73.8 Å². The van der Waals surface area contributed by atoms with Crippen LogP contribution in [0.4, 0.5) is 0 Å². The lowest BCUT2D eigenvalue weighted by Crippen LogP contribution is -2.51. The van der Waals surface area contributed by atoms with Crippen LogP contribution >= 0.6 is 11.8 Å². The summed E-state index contributed by atoms with van der Waals surface area (Å²) in [4.78, 5) is 28.5. The zero-order chi connectivity index (χ0) is 19.8. The van der Waals surface area contributed by atoms with Gasteiger partial charge < -0.3 is 14.5 Å². The zero-order valence-corrected chi connectivity index (χ0v) is 17.2. The van der Waals surface area contributed by atoms with Crippen LogP contribution in [0, 0.1) is 23.2 Å². The predicted molar refractivity (Wildman–Crippen MR) is 109 cm³/mol. The first-order valence-corrected chi connectivity index (χ1v) is 11.5. The Kier molecular flexibility index (Phi) is 5.02. The molecular weight excluding hydrogens is 388 g/mol. The summed E-state index contributed by atoms with van der Waals surface area (Å²) in [5, 5.41) is 3.46. The monoisotopic (exact) mass is 414 g/mol. The second-order valence-corrected chi connectivity index (χ2v) is 10.0. The first-order valence-electron chi connectivity index (χ1n) is 10.5. The molecule has 0 saturated heterocycles. The third-order valence-corrected chi connectivity index (χ3v) is 7.58. The Bertz CT molecular complexity index is 856. The molecule has 1 N–H and O–H groups in total. The molecule has 4 bridgehead atoms. The van der Waals surface area contributed by atoms with E-state index in [4.69, 9.17) is 9.15 Å². The standard InChI is InChI=1S/C22H26N2O4S/c25-19(23-13-22-8-14-5-15(9-22)7-16(6-14)10-22)11-27-20(26)12-29-21-24-17-3-1-2-4-18(17)28-21/h1-4,14-16H,5-13H2,(H,23,25). The van der Waals surface area contributed by atoms with Crippen molar-refractivity contribution < 1.29 is 18.7 Å². The third-order valence-electron chi connectivity index (χ3n) is 6.78. The van der Waals surface area contributed by atoms with Gasteiger partial charge in [-0.15, -0.1) is 0 Å². The van der Waals surface area contributed by atoms with E-state index < -0.39 is 5.97 Å². The van der Waals surface area contributed by atoms with Crippen molar-refractivity contribution in [1.29, 1.82) is 0 Å². The van der Waals surface area contributed by atoms with Crippen molar-refractivity contribution >= 4 is 34.7 Å². The van der Waals surface area contributed by atoms with Crippen LogP contribution in [-0.4, -0.2) is 35.8 Å². The first-order chi connectivity index (χ1) is 14.1. The fraction of sp³-hybridized carbons (Fsp3) is 0.591. The Hall–Kier alpha value is -2.02. The lowest BCUT2D eigenvalue weighted by Gasteiger charge is -2.56. The molecule has 4 fully saturated rings. The molecule has 4 aliphatic rings. The highest BCUT2D eigenvalue weighted by molar-refractivity contribution is 7.99. The van der Waals surface area contributed by atoms with E-state index in [1.807, 2.05) is 24.3 Å². The third kappa shape index (κ3) is 4.15. The lowest BCUT2D eigenvalue weighted by molar-refractivity contribution is -0.146. The van der Waals surface area contributed by atoms with Gasteiger partial charge in [-0.2, -0.15) is 0 Å². The van der Waals surface area contributed by atoms with Crippen molar-refractivity contribution in [2.45, 2.75) is 43.7 Å². The summed E-state index contributed by atoms with van der Waals surface area (Å²) in [6, 6.07) is 7.45. The summed E-state index contributed by atoms with van der Waals surface area (Å²) in [7, 11) is 0. The summed E-state index contributed by atoms with van der Waals surface area (Å²) >= 11 is 1.17. The summed E-state index contributed by atoms with van der Waals surface area (Å²) in [5.74, 6) is 2.00. The second kappa shape index (κ2) is 7.67. The molecule has 0 radical (unpaired) electrons. The van der Waals surface area contributed by atoms with E-state index in [2.05, 4.69) is 10.3 Å². The number of para-hydroxylation sites is 2. The van der Waals surface area contributed by atoms with E-state index in [1.165, 1.54) is 50.3 Å². The molecule has 4 aliphatic carbocycles. The highest BCUT2D eigenvalue weighted by atomic mass is 32.2. The summed E-state index contributed by atoms with van der Waals surface area (Å²) in [6.45, 7) is 0.504. The number of aromatic nitrogens is 1. The quantitative estimate of drug-likeness (QED) is 0.548. The number of carbonyl (C=O) groups is 2. The lowest BCUT2D eigenvalue weighted by atomic mass is 9.49. The Labute approximate surface area is 174 Å². The molecule has 6 rings (SSSR count). The molecule has 0 atom stereocenters. The molecule has 29 heavy (non-hydrogen) atoms. The maximum Gasteiger partial charge on any atom is 0.316 e. The van der Waals surface area contributed by atoms with Gasteiger partial charge in [0.2, 0.25) is 0 Å². The fourth-order valence-electron chi connectivity index (χ4n) is 6.06. The number of carbonyl (C=O) groups excluding carboxylic acids is 2. The average molecular weight is 415 g/mol. The van der Waals surface area contributed by atoms with Gasteiger partial charge in [0.05, 0.1) is 0 Å². The van der Waals surface area contributed by atoms with Crippen LogP contribution in [0.5, 0.6) is 0 Å². The van der Waals surface area contributed by atoms with E-state index in [9.17, 15) is 9.59 Å². The van der Waals surface area contributed by atoms with E-state index in [0.717, 1.165) is 29.8 Å². The average Bonchev–Trinajstić information content (AvgIpc) is 3.11. The Morgan fingerprint density at radius 2 is 1.83 bits per heavy atom. The molecule has 4 saturated carbocycles. The number of hydrogen-bond acceptors (Lipinski definition) is 6. The summed E-state index contributed by atoms with van der Waals surface area (Å²) in [6.07, 6.45) is 7.92. The number of oxazole rings is 1. The van der Waals surface area contributed by atoms with Crippen molar-refractivity contribution in [3.63, 3.8) is 0 Å². The van der Waals surface area contributed by atoms with Gasteiger partial charge in [0.25, 0.3) is 11.1 Å². The molecule has 1 aromatic heterocycles. The Morgan fingerprint density at radius 3 is 2.52 bits per heavy atom. The molecule has 1 aromatic carbocycles. The Balaban J connectivity index is 1.05. The minimum atomic E-state index is -0.442. The second-order valence-electron chi connectivity index (χ2n) is 9.09. The van der Waals surface area contributed by atoms with Crippen molar-refractivity contribution in [2.75, 3.05) is 18.9 Å². The maximum absolute atomic E-state index is 12.2. The topological polar surface area (TPSA) is 81.4 Å². The highest BCUT2D eigenvalue weighted by Crippen LogP contribution is 2.59. The zero-order valence-electron chi connectivity index (χ0n) is 16.4. The molecule has 0 unspecified atom stereocenters. The molecule has 154 valence electrons. The number of ether oxygens (including phenoxy) is 1. The van der Waals surface area contributed by atoms with Crippen LogP contribution in [-0.2, 0) is 14.3 Å². The molecule has 0 spiro atoms. The van der Waals surface area contributed by atoms with Crippen LogP contribution < -0.4 is 5.32 Å².